The van der Waals surface area contributed by atoms with Crippen LogP contribution >= 0.6 is 0 Å². The molecular weight excluding hydrogens is 210 g/mol. The monoisotopic (exact) mass is 233 g/mol. The summed E-state index contributed by atoms with van der Waals surface area (Å²) < 4.78 is 6.03. The molecule has 0 amide bonds. The van der Waals surface area contributed by atoms with Crippen molar-refractivity contribution in [1.82, 2.24) is 5.32 Å². The van der Waals surface area contributed by atoms with E-state index in [4.69, 9.17) is 4.74 Å². The minimum absolute atomic E-state index is 0.186. The van der Waals surface area contributed by atoms with Crippen LogP contribution in [0.3, 0.4) is 0 Å². The lowest BCUT2D eigenvalue weighted by Gasteiger charge is -2.37. The van der Waals surface area contributed by atoms with Gasteiger partial charge in [-0.05, 0) is 25.3 Å². The molecule has 1 aromatic rings. The van der Waals surface area contributed by atoms with Crippen LogP contribution in [-0.2, 0) is 4.74 Å². The van der Waals surface area contributed by atoms with Crippen LogP contribution in [0, 0.1) is 12.8 Å². The van der Waals surface area contributed by atoms with E-state index in [1.807, 2.05) is 0 Å². The third-order valence-electron chi connectivity index (χ3n) is 3.60. The quantitative estimate of drug-likeness (QED) is 0.847. The highest BCUT2D eigenvalue weighted by molar-refractivity contribution is 5.24. The molecule has 0 radical (unpaired) electrons. The molecule has 0 aromatic heterocycles. The minimum Gasteiger partial charge on any atom is -0.370 e. The summed E-state index contributed by atoms with van der Waals surface area (Å²) in [7, 11) is 0. The summed E-state index contributed by atoms with van der Waals surface area (Å²) in [5.41, 5.74) is 2.57. The summed E-state index contributed by atoms with van der Waals surface area (Å²) in [5.74, 6) is 0.622. The van der Waals surface area contributed by atoms with Crippen LogP contribution in [0.5, 0.6) is 0 Å². The molecule has 2 heteroatoms. The number of morpholine rings is 1. The van der Waals surface area contributed by atoms with Gasteiger partial charge in [-0.1, -0.05) is 43.7 Å². The second kappa shape index (κ2) is 5.19. The number of rotatable bonds is 2. The van der Waals surface area contributed by atoms with Gasteiger partial charge in [-0.25, -0.2) is 0 Å². The van der Waals surface area contributed by atoms with Gasteiger partial charge in [0.1, 0.15) is 0 Å². The predicted molar refractivity (Wildman–Crippen MR) is 71.1 cm³/mol. The lowest BCUT2D eigenvalue weighted by Crippen LogP contribution is -2.51. The van der Waals surface area contributed by atoms with Crippen molar-refractivity contribution in [2.45, 2.75) is 45.9 Å². The largest absolute Gasteiger partial charge is 0.370 e. The van der Waals surface area contributed by atoms with Crippen LogP contribution in [-0.4, -0.2) is 18.7 Å². The van der Waals surface area contributed by atoms with E-state index in [1.54, 1.807) is 0 Å². The fraction of sp³-hybridized carbons (Fsp3) is 0.600. The Bertz CT molecular complexity index is 358. The SMILES string of the molecule is Cc1ccc(C2OCC(C(C)C)NC2C)cc1. The maximum Gasteiger partial charge on any atom is 0.0975 e. The molecule has 1 aliphatic rings. The zero-order chi connectivity index (χ0) is 12.4. The molecule has 0 saturated carbocycles. The zero-order valence-electron chi connectivity index (χ0n) is 11.2. The fourth-order valence-corrected chi connectivity index (χ4v) is 2.35. The van der Waals surface area contributed by atoms with Crippen LogP contribution in [0.25, 0.3) is 0 Å². The Morgan fingerprint density at radius 3 is 2.41 bits per heavy atom. The Kier molecular flexibility index (Phi) is 3.85. The third kappa shape index (κ3) is 2.88. The molecule has 1 aromatic carbocycles. The van der Waals surface area contributed by atoms with Gasteiger partial charge in [0, 0.05) is 12.1 Å². The molecule has 1 aliphatic heterocycles. The molecule has 3 atom stereocenters. The van der Waals surface area contributed by atoms with Crippen molar-refractivity contribution < 1.29 is 4.74 Å². The Hall–Kier alpha value is -0.860. The predicted octanol–water partition coefficient (Wildman–Crippen LogP) is 3.07. The van der Waals surface area contributed by atoms with E-state index < -0.39 is 0 Å². The summed E-state index contributed by atoms with van der Waals surface area (Å²) in [6, 6.07) is 9.51. The summed E-state index contributed by atoms with van der Waals surface area (Å²) in [6.07, 6.45) is 0.186. The minimum atomic E-state index is 0.186. The molecule has 1 fully saturated rings. The molecular formula is C15H23NO. The van der Waals surface area contributed by atoms with E-state index in [-0.39, 0.29) is 6.10 Å². The van der Waals surface area contributed by atoms with Gasteiger partial charge >= 0.3 is 0 Å². The smallest absolute Gasteiger partial charge is 0.0975 e. The summed E-state index contributed by atoms with van der Waals surface area (Å²) >= 11 is 0. The van der Waals surface area contributed by atoms with Gasteiger partial charge in [0.25, 0.3) is 0 Å². The molecule has 0 bridgehead atoms. The van der Waals surface area contributed by atoms with Gasteiger partial charge in [0.05, 0.1) is 12.7 Å². The highest BCUT2D eigenvalue weighted by Crippen LogP contribution is 2.26. The number of nitrogens with one attached hydrogen (secondary N) is 1. The molecule has 2 rings (SSSR count). The van der Waals surface area contributed by atoms with Crippen molar-refractivity contribution in [2.24, 2.45) is 5.92 Å². The molecule has 1 saturated heterocycles. The van der Waals surface area contributed by atoms with Crippen molar-refractivity contribution in [1.29, 1.82) is 0 Å². The van der Waals surface area contributed by atoms with Crippen molar-refractivity contribution in [3.8, 4) is 0 Å². The van der Waals surface area contributed by atoms with E-state index in [0.29, 0.717) is 18.0 Å². The van der Waals surface area contributed by atoms with E-state index in [0.717, 1.165) is 6.61 Å². The standard InChI is InChI=1S/C15H23NO/c1-10(2)14-9-17-15(12(4)16-14)13-7-5-11(3)6-8-13/h5-8,10,12,14-16H,9H2,1-4H3. The molecule has 1 heterocycles. The number of benzene rings is 1. The third-order valence-corrected chi connectivity index (χ3v) is 3.60. The first kappa shape index (κ1) is 12.6. The number of hydrogen-bond acceptors (Lipinski definition) is 2. The average molecular weight is 233 g/mol. The molecule has 1 N–H and O–H groups in total. The highest BCUT2D eigenvalue weighted by Gasteiger charge is 2.29. The first-order valence-corrected chi connectivity index (χ1v) is 6.52. The molecule has 2 nitrogen and oxygen atoms in total. The van der Waals surface area contributed by atoms with E-state index >= 15 is 0 Å². The maximum atomic E-state index is 6.03. The normalized spacial score (nSPS) is 29.6. The Balaban J connectivity index is 2.06. The first-order chi connectivity index (χ1) is 8.08. The summed E-state index contributed by atoms with van der Waals surface area (Å²) in [6.45, 7) is 9.60. The number of hydrogen-bond donors (Lipinski definition) is 1. The zero-order valence-corrected chi connectivity index (χ0v) is 11.2. The molecule has 3 unspecified atom stereocenters. The van der Waals surface area contributed by atoms with Crippen molar-refractivity contribution in [3.63, 3.8) is 0 Å². The lowest BCUT2D eigenvalue weighted by atomic mass is 9.96. The van der Waals surface area contributed by atoms with Crippen LogP contribution < -0.4 is 5.32 Å². The first-order valence-electron chi connectivity index (χ1n) is 6.52. The van der Waals surface area contributed by atoms with Crippen LogP contribution in [0.15, 0.2) is 24.3 Å². The van der Waals surface area contributed by atoms with Gasteiger partial charge in [-0.2, -0.15) is 0 Å². The van der Waals surface area contributed by atoms with Crippen LogP contribution in [0.2, 0.25) is 0 Å². The summed E-state index contributed by atoms with van der Waals surface area (Å²) in [4.78, 5) is 0. The second-order valence-corrected chi connectivity index (χ2v) is 5.47. The summed E-state index contributed by atoms with van der Waals surface area (Å²) in [5, 5.41) is 3.65. The van der Waals surface area contributed by atoms with Crippen LogP contribution in [0.1, 0.15) is 38.0 Å². The molecule has 0 spiro atoms. The van der Waals surface area contributed by atoms with E-state index in [9.17, 15) is 0 Å². The number of ether oxygens (including phenoxy) is 1. The van der Waals surface area contributed by atoms with Gasteiger partial charge in [-0.15, -0.1) is 0 Å². The topological polar surface area (TPSA) is 21.3 Å². The Morgan fingerprint density at radius 2 is 1.88 bits per heavy atom. The average Bonchev–Trinajstić information content (AvgIpc) is 2.30. The second-order valence-electron chi connectivity index (χ2n) is 5.47. The lowest BCUT2D eigenvalue weighted by molar-refractivity contribution is -0.0339. The fourth-order valence-electron chi connectivity index (χ4n) is 2.35. The van der Waals surface area contributed by atoms with Gasteiger partial charge in [0.15, 0.2) is 0 Å². The molecule has 0 aliphatic carbocycles. The Labute approximate surface area is 104 Å². The highest BCUT2D eigenvalue weighted by atomic mass is 16.5. The van der Waals surface area contributed by atoms with Gasteiger partial charge < -0.3 is 10.1 Å². The maximum absolute atomic E-state index is 6.03. The van der Waals surface area contributed by atoms with Gasteiger partial charge in [0.2, 0.25) is 0 Å². The molecule has 94 valence electrons. The van der Waals surface area contributed by atoms with E-state index in [2.05, 4.69) is 57.3 Å². The van der Waals surface area contributed by atoms with Gasteiger partial charge in [-0.3, -0.25) is 0 Å². The Morgan fingerprint density at radius 1 is 1.24 bits per heavy atom. The molecule has 17 heavy (non-hydrogen) atoms. The number of aryl methyl sites for hydroxylation is 1. The van der Waals surface area contributed by atoms with Crippen molar-refractivity contribution in [2.75, 3.05) is 6.61 Å². The van der Waals surface area contributed by atoms with Crippen LogP contribution in [0.4, 0.5) is 0 Å². The van der Waals surface area contributed by atoms with Crippen molar-refractivity contribution >= 4 is 0 Å². The van der Waals surface area contributed by atoms with E-state index in [1.165, 1.54) is 11.1 Å². The van der Waals surface area contributed by atoms with Crippen molar-refractivity contribution in [3.05, 3.63) is 35.4 Å².